The van der Waals surface area contributed by atoms with Crippen molar-refractivity contribution in [3.8, 4) is 11.5 Å². The van der Waals surface area contributed by atoms with Gasteiger partial charge in [0.2, 0.25) is 0 Å². The van der Waals surface area contributed by atoms with Crippen molar-refractivity contribution in [1.29, 1.82) is 0 Å². The van der Waals surface area contributed by atoms with Crippen molar-refractivity contribution < 1.29 is 19.0 Å². The Bertz CT molecular complexity index is 584. The molecule has 106 valence electrons. The van der Waals surface area contributed by atoms with E-state index in [1.807, 2.05) is 24.3 Å². The monoisotopic (exact) mass is 276 g/mol. The molecule has 1 unspecified atom stereocenters. The van der Waals surface area contributed by atoms with E-state index >= 15 is 0 Å². The highest BCUT2D eigenvalue weighted by molar-refractivity contribution is 5.37. The first-order valence-electron chi connectivity index (χ1n) is 6.28. The summed E-state index contributed by atoms with van der Waals surface area (Å²) in [4.78, 5) is 0. The molecule has 0 saturated carbocycles. The first kappa shape index (κ1) is 14.3. The summed E-state index contributed by atoms with van der Waals surface area (Å²) in [5.74, 6) is 0.799. The zero-order valence-corrected chi connectivity index (χ0v) is 11.5. The Labute approximate surface area is 117 Å². The molecule has 20 heavy (non-hydrogen) atoms. The number of hydrogen-bond donors (Lipinski definition) is 1. The van der Waals surface area contributed by atoms with Crippen molar-refractivity contribution in [3.05, 3.63) is 59.4 Å². The molecule has 0 radical (unpaired) electrons. The van der Waals surface area contributed by atoms with E-state index in [1.54, 1.807) is 7.11 Å². The summed E-state index contributed by atoms with van der Waals surface area (Å²) in [6.07, 6.45) is -0.482. The summed E-state index contributed by atoms with van der Waals surface area (Å²) in [7, 11) is 3.08. The second-order valence-electron chi connectivity index (χ2n) is 4.46. The molecule has 0 spiro atoms. The van der Waals surface area contributed by atoms with Gasteiger partial charge in [-0.05, 0) is 35.9 Å². The Morgan fingerprint density at radius 3 is 2.60 bits per heavy atom. The van der Waals surface area contributed by atoms with Crippen LogP contribution in [0.2, 0.25) is 0 Å². The predicted octanol–water partition coefficient (Wildman–Crippen LogP) is 3.12. The summed E-state index contributed by atoms with van der Waals surface area (Å²) in [6.45, 7) is 0. The Morgan fingerprint density at radius 2 is 1.90 bits per heavy atom. The Balaban J connectivity index is 2.23. The largest absolute Gasteiger partial charge is 0.497 e. The molecule has 1 N–H and O–H groups in total. The minimum atomic E-state index is -0.840. The van der Waals surface area contributed by atoms with Gasteiger partial charge >= 0.3 is 0 Å². The lowest BCUT2D eigenvalue weighted by molar-refractivity contribution is 0.173. The molecule has 2 aromatic carbocycles. The highest BCUT2D eigenvalue weighted by atomic mass is 19.1. The fourth-order valence-electron chi connectivity index (χ4n) is 2.10. The molecule has 0 amide bonds. The van der Waals surface area contributed by atoms with Gasteiger partial charge in [0.05, 0.1) is 20.3 Å². The lowest BCUT2D eigenvalue weighted by Crippen LogP contribution is -2.05. The molecular weight excluding hydrogens is 259 g/mol. The van der Waals surface area contributed by atoms with Crippen LogP contribution in [0, 0.1) is 5.82 Å². The van der Waals surface area contributed by atoms with Gasteiger partial charge in [0.1, 0.15) is 17.3 Å². The summed E-state index contributed by atoms with van der Waals surface area (Å²) in [6, 6.07) is 11.5. The van der Waals surface area contributed by atoms with Crippen LogP contribution < -0.4 is 9.47 Å². The Hall–Kier alpha value is -2.07. The third-order valence-corrected chi connectivity index (χ3v) is 3.11. The normalized spacial score (nSPS) is 12.0. The average molecular weight is 276 g/mol. The standard InChI is InChI=1S/C16H17FO3/c1-19-13-5-3-4-11(8-13)9-15(18)14-10-12(17)6-7-16(14)20-2/h3-8,10,15,18H,9H2,1-2H3. The Kier molecular flexibility index (Phi) is 4.58. The maximum absolute atomic E-state index is 13.3. The van der Waals surface area contributed by atoms with Crippen molar-refractivity contribution in [3.63, 3.8) is 0 Å². The van der Waals surface area contributed by atoms with Gasteiger partial charge in [-0.3, -0.25) is 0 Å². The van der Waals surface area contributed by atoms with E-state index in [0.29, 0.717) is 17.7 Å². The van der Waals surface area contributed by atoms with Crippen LogP contribution in [0.4, 0.5) is 4.39 Å². The van der Waals surface area contributed by atoms with Crippen LogP contribution in [0.3, 0.4) is 0 Å². The van der Waals surface area contributed by atoms with Gasteiger partial charge in [-0.2, -0.15) is 0 Å². The van der Waals surface area contributed by atoms with E-state index in [2.05, 4.69) is 0 Å². The number of ether oxygens (including phenoxy) is 2. The smallest absolute Gasteiger partial charge is 0.124 e. The number of rotatable bonds is 5. The van der Waals surface area contributed by atoms with Gasteiger partial charge in [-0.1, -0.05) is 12.1 Å². The number of aliphatic hydroxyl groups excluding tert-OH is 1. The number of aliphatic hydroxyl groups is 1. The lowest BCUT2D eigenvalue weighted by atomic mass is 10.0. The van der Waals surface area contributed by atoms with Crippen molar-refractivity contribution >= 4 is 0 Å². The molecule has 0 aliphatic rings. The number of benzene rings is 2. The molecule has 3 nitrogen and oxygen atoms in total. The van der Waals surface area contributed by atoms with Crippen LogP contribution in [-0.4, -0.2) is 19.3 Å². The number of halogens is 1. The summed E-state index contributed by atoms with van der Waals surface area (Å²) in [5, 5.41) is 10.3. The molecule has 0 bridgehead atoms. The molecule has 0 fully saturated rings. The maximum Gasteiger partial charge on any atom is 0.124 e. The molecule has 1 atom stereocenters. The zero-order valence-electron chi connectivity index (χ0n) is 11.5. The molecule has 2 rings (SSSR count). The molecule has 0 saturated heterocycles. The van der Waals surface area contributed by atoms with Crippen molar-refractivity contribution in [2.24, 2.45) is 0 Å². The van der Waals surface area contributed by atoms with Crippen LogP contribution in [0.5, 0.6) is 11.5 Å². The second-order valence-corrected chi connectivity index (χ2v) is 4.46. The van der Waals surface area contributed by atoms with Gasteiger partial charge in [-0.25, -0.2) is 4.39 Å². The van der Waals surface area contributed by atoms with Crippen LogP contribution in [-0.2, 0) is 6.42 Å². The van der Waals surface area contributed by atoms with Crippen LogP contribution >= 0.6 is 0 Å². The fourth-order valence-corrected chi connectivity index (χ4v) is 2.10. The third kappa shape index (κ3) is 3.27. The van der Waals surface area contributed by atoms with E-state index in [4.69, 9.17) is 9.47 Å². The van der Waals surface area contributed by atoms with Gasteiger partial charge in [0, 0.05) is 12.0 Å². The fraction of sp³-hybridized carbons (Fsp3) is 0.250. The summed E-state index contributed by atoms with van der Waals surface area (Å²) >= 11 is 0. The maximum atomic E-state index is 13.3. The lowest BCUT2D eigenvalue weighted by Gasteiger charge is -2.15. The topological polar surface area (TPSA) is 38.7 Å². The third-order valence-electron chi connectivity index (χ3n) is 3.11. The first-order chi connectivity index (χ1) is 9.63. The predicted molar refractivity (Wildman–Crippen MR) is 74.6 cm³/mol. The summed E-state index contributed by atoms with van der Waals surface area (Å²) < 4.78 is 23.6. The highest BCUT2D eigenvalue weighted by Gasteiger charge is 2.15. The van der Waals surface area contributed by atoms with E-state index in [-0.39, 0.29) is 0 Å². The molecule has 0 heterocycles. The van der Waals surface area contributed by atoms with E-state index in [1.165, 1.54) is 25.3 Å². The van der Waals surface area contributed by atoms with Crippen molar-refractivity contribution in [2.75, 3.05) is 14.2 Å². The van der Waals surface area contributed by atoms with E-state index in [9.17, 15) is 9.50 Å². The molecule has 0 aliphatic heterocycles. The number of hydrogen-bond acceptors (Lipinski definition) is 3. The van der Waals surface area contributed by atoms with Gasteiger partial charge < -0.3 is 14.6 Å². The number of methoxy groups -OCH3 is 2. The van der Waals surface area contributed by atoms with Crippen LogP contribution in [0.25, 0.3) is 0 Å². The minimum Gasteiger partial charge on any atom is -0.497 e. The highest BCUT2D eigenvalue weighted by Crippen LogP contribution is 2.29. The van der Waals surface area contributed by atoms with Crippen molar-refractivity contribution in [2.45, 2.75) is 12.5 Å². The van der Waals surface area contributed by atoms with E-state index < -0.39 is 11.9 Å². The van der Waals surface area contributed by atoms with E-state index in [0.717, 1.165) is 11.3 Å². The molecule has 4 heteroatoms. The summed E-state index contributed by atoms with van der Waals surface area (Å²) in [5.41, 5.74) is 1.35. The second kappa shape index (κ2) is 6.39. The zero-order chi connectivity index (χ0) is 14.5. The van der Waals surface area contributed by atoms with Gasteiger partial charge in [0.25, 0.3) is 0 Å². The SMILES string of the molecule is COc1cccc(CC(O)c2cc(F)ccc2OC)c1. The van der Waals surface area contributed by atoms with Crippen LogP contribution in [0.15, 0.2) is 42.5 Å². The molecule has 2 aromatic rings. The molecule has 0 aliphatic carbocycles. The quantitative estimate of drug-likeness (QED) is 0.912. The minimum absolute atomic E-state index is 0.358. The van der Waals surface area contributed by atoms with Crippen molar-refractivity contribution in [1.82, 2.24) is 0 Å². The van der Waals surface area contributed by atoms with Gasteiger partial charge in [-0.15, -0.1) is 0 Å². The molecular formula is C16H17FO3. The Morgan fingerprint density at radius 1 is 1.10 bits per heavy atom. The van der Waals surface area contributed by atoms with Crippen LogP contribution in [0.1, 0.15) is 17.2 Å². The average Bonchev–Trinajstić information content (AvgIpc) is 2.47. The molecule has 0 aromatic heterocycles. The first-order valence-corrected chi connectivity index (χ1v) is 6.28. The van der Waals surface area contributed by atoms with Gasteiger partial charge in [0.15, 0.2) is 0 Å².